The van der Waals surface area contributed by atoms with E-state index in [4.69, 9.17) is 21.1 Å². The number of nitrogens with zero attached hydrogens (tertiary/aromatic N) is 2. The molecule has 0 saturated carbocycles. The predicted molar refractivity (Wildman–Crippen MR) is 130 cm³/mol. The van der Waals surface area contributed by atoms with Crippen LogP contribution in [0.1, 0.15) is 33.9 Å². The Morgan fingerprint density at radius 3 is 2.82 bits per heavy atom. The van der Waals surface area contributed by atoms with Crippen LogP contribution >= 0.6 is 22.9 Å². The molecule has 0 unspecified atom stereocenters. The van der Waals surface area contributed by atoms with Gasteiger partial charge >= 0.3 is 5.97 Å². The molecular weight excluding hydrogens is 478 g/mol. The van der Waals surface area contributed by atoms with E-state index in [2.05, 4.69) is 10.3 Å². The monoisotopic (exact) mass is 499 g/mol. The number of hydrogen-bond acceptors (Lipinski definition) is 7. The number of carbonyl (C=O) groups excluding carboxylic acids is 3. The fourth-order valence-electron chi connectivity index (χ4n) is 3.60. The van der Waals surface area contributed by atoms with Crippen molar-refractivity contribution < 1.29 is 23.9 Å². The second-order valence-corrected chi connectivity index (χ2v) is 8.92. The predicted octanol–water partition coefficient (Wildman–Crippen LogP) is 4.47. The van der Waals surface area contributed by atoms with Crippen molar-refractivity contribution in [2.24, 2.45) is 0 Å². The van der Waals surface area contributed by atoms with Crippen molar-refractivity contribution in [2.45, 2.75) is 25.9 Å². The molecule has 10 heteroatoms. The van der Waals surface area contributed by atoms with E-state index < -0.39 is 5.97 Å². The van der Waals surface area contributed by atoms with Gasteiger partial charge in [0.05, 0.1) is 36.2 Å². The van der Waals surface area contributed by atoms with Crippen molar-refractivity contribution in [1.29, 1.82) is 0 Å². The molecule has 0 aliphatic carbocycles. The largest absolute Gasteiger partial charge is 0.495 e. The average Bonchev–Trinajstić information content (AvgIpc) is 3.46. The summed E-state index contributed by atoms with van der Waals surface area (Å²) in [7, 11) is 1.54. The third kappa shape index (κ3) is 5.55. The first-order valence-electron chi connectivity index (χ1n) is 10.6. The van der Waals surface area contributed by atoms with E-state index >= 15 is 0 Å². The molecule has 2 heterocycles. The lowest BCUT2D eigenvalue weighted by Gasteiger charge is -2.19. The molecule has 2 amide bonds. The van der Waals surface area contributed by atoms with E-state index in [0.29, 0.717) is 45.8 Å². The number of anilines is 2. The van der Waals surface area contributed by atoms with Crippen molar-refractivity contribution in [3.63, 3.8) is 0 Å². The van der Waals surface area contributed by atoms with Crippen molar-refractivity contribution in [3.05, 3.63) is 69.1 Å². The van der Waals surface area contributed by atoms with E-state index in [1.807, 2.05) is 6.07 Å². The molecule has 2 aromatic carbocycles. The first-order valence-corrected chi connectivity index (χ1v) is 11.8. The number of para-hydroxylation sites is 2. The van der Waals surface area contributed by atoms with Gasteiger partial charge in [0.2, 0.25) is 11.8 Å². The Labute approximate surface area is 205 Å². The van der Waals surface area contributed by atoms with Gasteiger partial charge in [-0.15, -0.1) is 11.3 Å². The molecule has 1 aliphatic heterocycles. The number of carbonyl (C=O) groups is 3. The van der Waals surface area contributed by atoms with Crippen LogP contribution in [0.2, 0.25) is 5.02 Å². The zero-order chi connectivity index (χ0) is 24.1. The van der Waals surface area contributed by atoms with Crippen LogP contribution in [0.4, 0.5) is 11.4 Å². The van der Waals surface area contributed by atoms with Crippen LogP contribution in [0.15, 0.2) is 47.8 Å². The third-order valence-corrected chi connectivity index (χ3v) is 6.32. The standard InChI is InChI=1S/C24H22ClN3O5S/c1-32-20-6-3-2-5-18(20)27-21(29)12-22-26-16(14-34-22)13-33-24(31)17-9-8-15(25)11-19(17)28-10-4-7-23(28)30/h2-3,5-6,8-9,11,14H,4,7,10,12-13H2,1H3,(H,27,29). The Morgan fingerprint density at radius 1 is 1.24 bits per heavy atom. The highest BCUT2D eigenvalue weighted by Gasteiger charge is 2.27. The van der Waals surface area contributed by atoms with Crippen molar-refractivity contribution in [3.8, 4) is 5.75 Å². The van der Waals surface area contributed by atoms with Gasteiger partial charge in [-0.3, -0.25) is 9.59 Å². The maximum atomic E-state index is 12.8. The Morgan fingerprint density at radius 2 is 2.06 bits per heavy atom. The molecule has 0 atom stereocenters. The molecule has 176 valence electrons. The van der Waals surface area contributed by atoms with E-state index in [-0.39, 0.29) is 30.4 Å². The minimum atomic E-state index is -0.574. The average molecular weight is 500 g/mol. The SMILES string of the molecule is COc1ccccc1NC(=O)Cc1nc(COC(=O)c2ccc(Cl)cc2N2CCCC2=O)cs1. The summed E-state index contributed by atoms with van der Waals surface area (Å²) in [4.78, 5) is 43.3. The zero-order valence-corrected chi connectivity index (χ0v) is 19.9. The van der Waals surface area contributed by atoms with Crippen molar-refractivity contribution >= 4 is 52.1 Å². The van der Waals surface area contributed by atoms with Crippen LogP contribution in [0, 0.1) is 0 Å². The summed E-state index contributed by atoms with van der Waals surface area (Å²) in [5.41, 5.74) is 1.83. The van der Waals surface area contributed by atoms with Gasteiger partial charge in [-0.05, 0) is 36.8 Å². The number of amides is 2. The van der Waals surface area contributed by atoms with Gasteiger partial charge < -0.3 is 19.7 Å². The van der Waals surface area contributed by atoms with Crippen LogP contribution < -0.4 is 15.0 Å². The highest BCUT2D eigenvalue weighted by Crippen LogP contribution is 2.29. The van der Waals surface area contributed by atoms with Gasteiger partial charge in [0.15, 0.2) is 0 Å². The van der Waals surface area contributed by atoms with Gasteiger partial charge in [0, 0.05) is 23.4 Å². The first kappa shape index (κ1) is 23.7. The fourth-order valence-corrected chi connectivity index (χ4v) is 4.54. The molecule has 1 saturated heterocycles. The molecule has 1 aliphatic rings. The van der Waals surface area contributed by atoms with Gasteiger partial charge in [0.1, 0.15) is 17.4 Å². The number of hydrogen-bond donors (Lipinski definition) is 1. The molecule has 1 aromatic heterocycles. The van der Waals surface area contributed by atoms with Crippen LogP contribution in [-0.4, -0.2) is 36.4 Å². The molecule has 4 rings (SSSR count). The summed E-state index contributed by atoms with van der Waals surface area (Å²) in [6.45, 7) is 0.477. The van der Waals surface area contributed by atoms with Gasteiger partial charge in [0.25, 0.3) is 0 Å². The Hall–Kier alpha value is -3.43. The highest BCUT2D eigenvalue weighted by molar-refractivity contribution is 7.09. The third-order valence-electron chi connectivity index (χ3n) is 5.19. The number of methoxy groups -OCH3 is 1. The van der Waals surface area contributed by atoms with E-state index in [0.717, 1.165) is 6.42 Å². The summed E-state index contributed by atoms with van der Waals surface area (Å²) >= 11 is 7.40. The summed E-state index contributed by atoms with van der Waals surface area (Å²) < 4.78 is 10.7. The van der Waals surface area contributed by atoms with Gasteiger partial charge in [-0.1, -0.05) is 23.7 Å². The molecule has 0 radical (unpaired) electrons. The molecule has 0 bridgehead atoms. The van der Waals surface area contributed by atoms with Gasteiger partial charge in [-0.2, -0.15) is 0 Å². The second-order valence-electron chi connectivity index (χ2n) is 7.54. The number of rotatable bonds is 8. The lowest BCUT2D eigenvalue weighted by atomic mass is 10.1. The molecular formula is C24H22ClN3O5S. The summed E-state index contributed by atoms with van der Waals surface area (Å²) in [6.07, 6.45) is 1.24. The van der Waals surface area contributed by atoms with E-state index in [1.54, 1.807) is 46.7 Å². The fraction of sp³-hybridized carbons (Fsp3) is 0.250. The topological polar surface area (TPSA) is 97.8 Å². The Balaban J connectivity index is 1.36. The lowest BCUT2D eigenvalue weighted by Crippen LogP contribution is -2.26. The summed E-state index contributed by atoms with van der Waals surface area (Å²) in [5, 5.41) is 5.57. The summed E-state index contributed by atoms with van der Waals surface area (Å²) in [6, 6.07) is 11.9. The highest BCUT2D eigenvalue weighted by atomic mass is 35.5. The van der Waals surface area contributed by atoms with Crippen LogP contribution in [0.3, 0.4) is 0 Å². The number of ether oxygens (including phenoxy) is 2. The van der Waals surface area contributed by atoms with Crippen molar-refractivity contribution in [2.75, 3.05) is 23.9 Å². The number of aromatic nitrogens is 1. The summed E-state index contributed by atoms with van der Waals surface area (Å²) in [5.74, 6) is -0.287. The Bertz CT molecular complexity index is 1230. The zero-order valence-electron chi connectivity index (χ0n) is 18.4. The molecule has 8 nitrogen and oxygen atoms in total. The Kier molecular flexibility index (Phi) is 7.44. The number of halogens is 1. The number of esters is 1. The molecule has 0 spiro atoms. The number of thiazole rings is 1. The normalized spacial score (nSPS) is 13.1. The first-order chi connectivity index (χ1) is 16.4. The van der Waals surface area contributed by atoms with E-state index in [1.165, 1.54) is 18.4 Å². The molecule has 3 aromatic rings. The quantitative estimate of drug-likeness (QED) is 0.459. The second kappa shape index (κ2) is 10.7. The minimum Gasteiger partial charge on any atom is -0.495 e. The molecule has 1 fully saturated rings. The number of benzene rings is 2. The maximum Gasteiger partial charge on any atom is 0.340 e. The lowest BCUT2D eigenvalue weighted by molar-refractivity contribution is -0.117. The van der Waals surface area contributed by atoms with E-state index in [9.17, 15) is 14.4 Å². The minimum absolute atomic E-state index is 0.0492. The van der Waals surface area contributed by atoms with Crippen molar-refractivity contribution in [1.82, 2.24) is 4.98 Å². The maximum absolute atomic E-state index is 12.8. The van der Waals surface area contributed by atoms with Crippen LogP contribution in [0.5, 0.6) is 5.75 Å². The smallest absolute Gasteiger partial charge is 0.340 e. The number of nitrogens with one attached hydrogen (secondary N) is 1. The van der Waals surface area contributed by atoms with Crippen LogP contribution in [-0.2, 0) is 27.4 Å². The van der Waals surface area contributed by atoms with Gasteiger partial charge in [-0.25, -0.2) is 9.78 Å². The van der Waals surface area contributed by atoms with Crippen LogP contribution in [0.25, 0.3) is 0 Å². The molecule has 1 N–H and O–H groups in total. The molecule has 34 heavy (non-hydrogen) atoms.